The van der Waals surface area contributed by atoms with Crippen LogP contribution >= 0.6 is 11.3 Å². The van der Waals surface area contributed by atoms with Gasteiger partial charge in [-0.15, -0.1) is 11.3 Å². The number of amides is 1. The molecule has 0 bridgehead atoms. The van der Waals surface area contributed by atoms with Crippen LogP contribution in [0.2, 0.25) is 0 Å². The number of esters is 1. The lowest BCUT2D eigenvalue weighted by molar-refractivity contribution is 0.0526. The third-order valence-electron chi connectivity index (χ3n) is 4.97. The van der Waals surface area contributed by atoms with E-state index >= 15 is 0 Å². The highest BCUT2D eigenvalue weighted by atomic mass is 32.1. The Morgan fingerprint density at radius 2 is 1.89 bits per heavy atom. The van der Waals surface area contributed by atoms with E-state index in [9.17, 15) is 9.59 Å². The Morgan fingerprint density at radius 3 is 2.50 bits per heavy atom. The van der Waals surface area contributed by atoms with Crippen molar-refractivity contribution >= 4 is 28.2 Å². The van der Waals surface area contributed by atoms with Crippen LogP contribution in [0.5, 0.6) is 0 Å². The average molecular weight is 401 g/mol. The third kappa shape index (κ3) is 4.28. The molecule has 1 aromatic carbocycles. The van der Waals surface area contributed by atoms with Crippen LogP contribution in [0, 0.1) is 0 Å². The second kappa shape index (κ2) is 8.05. The zero-order chi connectivity index (χ0) is 20.5. The van der Waals surface area contributed by atoms with Gasteiger partial charge in [-0.25, -0.2) is 4.79 Å². The van der Waals surface area contributed by atoms with Gasteiger partial charge in [-0.1, -0.05) is 32.9 Å². The van der Waals surface area contributed by atoms with Gasteiger partial charge in [-0.05, 0) is 49.1 Å². The lowest BCUT2D eigenvalue weighted by Gasteiger charge is -2.22. The molecule has 0 radical (unpaired) electrons. The maximum atomic E-state index is 12.8. The molecule has 1 amide bonds. The number of nitrogens with zero attached hydrogens (tertiary/aromatic N) is 1. The van der Waals surface area contributed by atoms with Crippen LogP contribution in [0.15, 0.2) is 24.3 Å². The number of carbonyl (C=O) groups excluding carboxylic acids is 2. The van der Waals surface area contributed by atoms with Gasteiger partial charge >= 0.3 is 5.97 Å². The van der Waals surface area contributed by atoms with Crippen LogP contribution in [0.4, 0.5) is 5.00 Å². The smallest absolute Gasteiger partial charge is 0.341 e. The van der Waals surface area contributed by atoms with E-state index in [2.05, 4.69) is 38.0 Å². The predicted octanol–water partition coefficient (Wildman–Crippen LogP) is 4.46. The molecule has 28 heavy (non-hydrogen) atoms. The topological polar surface area (TPSA) is 58.6 Å². The number of anilines is 1. The van der Waals surface area contributed by atoms with Gasteiger partial charge in [-0.2, -0.15) is 0 Å². The van der Waals surface area contributed by atoms with Gasteiger partial charge in [0.25, 0.3) is 5.91 Å². The zero-order valence-corrected chi connectivity index (χ0v) is 18.0. The molecule has 1 aliphatic heterocycles. The molecule has 1 aromatic heterocycles. The molecule has 6 heteroatoms. The first-order valence-electron chi connectivity index (χ1n) is 9.62. The van der Waals surface area contributed by atoms with Crippen molar-refractivity contribution in [1.29, 1.82) is 0 Å². The summed E-state index contributed by atoms with van der Waals surface area (Å²) in [5.74, 6) is -0.569. The molecule has 1 aliphatic rings. The molecular formula is C22H28N2O3S. The molecule has 2 aromatic rings. The van der Waals surface area contributed by atoms with Crippen LogP contribution in [-0.4, -0.2) is 37.0 Å². The highest BCUT2D eigenvalue weighted by molar-refractivity contribution is 7.17. The minimum atomic E-state index is -0.358. The number of nitrogens with one attached hydrogen (secondary N) is 1. The summed E-state index contributed by atoms with van der Waals surface area (Å²) in [5, 5.41) is 3.54. The molecule has 5 nitrogen and oxygen atoms in total. The van der Waals surface area contributed by atoms with Crippen molar-refractivity contribution < 1.29 is 14.3 Å². The van der Waals surface area contributed by atoms with Crippen molar-refractivity contribution in [3.8, 4) is 0 Å². The number of hydrogen-bond donors (Lipinski definition) is 1. The molecule has 3 rings (SSSR count). The van der Waals surface area contributed by atoms with Crippen LogP contribution in [0.25, 0.3) is 0 Å². The maximum Gasteiger partial charge on any atom is 0.341 e. The number of likely N-dealkylation sites (N-methyl/N-ethyl adjacent to an activating group) is 1. The summed E-state index contributed by atoms with van der Waals surface area (Å²) < 4.78 is 5.26. The first-order chi connectivity index (χ1) is 13.2. The van der Waals surface area contributed by atoms with Gasteiger partial charge in [0.1, 0.15) is 5.00 Å². The fourth-order valence-corrected chi connectivity index (χ4v) is 4.65. The number of carbonyl (C=O) groups is 2. The van der Waals surface area contributed by atoms with Crippen LogP contribution < -0.4 is 5.32 Å². The summed E-state index contributed by atoms with van der Waals surface area (Å²) in [6.45, 7) is 10.2. The van der Waals surface area contributed by atoms with Crippen LogP contribution in [0.1, 0.15) is 64.4 Å². The minimum absolute atomic E-state index is 0.0327. The molecular weight excluding hydrogens is 372 g/mol. The molecule has 0 fully saturated rings. The van der Waals surface area contributed by atoms with Gasteiger partial charge in [0.05, 0.1) is 12.2 Å². The zero-order valence-electron chi connectivity index (χ0n) is 17.2. The van der Waals surface area contributed by atoms with E-state index in [1.54, 1.807) is 6.92 Å². The quantitative estimate of drug-likeness (QED) is 0.770. The molecule has 150 valence electrons. The largest absolute Gasteiger partial charge is 0.462 e. The second-order valence-electron chi connectivity index (χ2n) is 8.20. The monoisotopic (exact) mass is 400 g/mol. The van der Waals surface area contributed by atoms with Gasteiger partial charge in [-0.3, -0.25) is 4.79 Å². The molecule has 0 unspecified atom stereocenters. The number of rotatable bonds is 4. The van der Waals surface area contributed by atoms with E-state index in [1.165, 1.54) is 16.9 Å². The number of ether oxygens (including phenoxy) is 1. The normalized spacial score (nSPS) is 14.5. The highest BCUT2D eigenvalue weighted by Gasteiger charge is 2.28. The predicted molar refractivity (Wildman–Crippen MR) is 113 cm³/mol. The first-order valence-corrected chi connectivity index (χ1v) is 10.4. The van der Waals surface area contributed by atoms with E-state index in [4.69, 9.17) is 4.74 Å². The molecule has 0 spiro atoms. The van der Waals surface area contributed by atoms with Crippen molar-refractivity contribution in [2.75, 3.05) is 25.5 Å². The summed E-state index contributed by atoms with van der Waals surface area (Å²) in [6.07, 6.45) is 0.784. The van der Waals surface area contributed by atoms with E-state index in [-0.39, 0.29) is 17.3 Å². The van der Waals surface area contributed by atoms with E-state index in [0.29, 0.717) is 22.7 Å². The van der Waals surface area contributed by atoms with E-state index in [1.807, 2.05) is 24.3 Å². The third-order valence-corrected chi connectivity index (χ3v) is 6.10. The fraction of sp³-hybridized carbons (Fsp3) is 0.455. The van der Waals surface area contributed by atoms with Crippen molar-refractivity contribution in [3.63, 3.8) is 0 Å². The Bertz CT molecular complexity index is 878. The van der Waals surface area contributed by atoms with E-state index in [0.717, 1.165) is 30.0 Å². The molecule has 1 N–H and O–H groups in total. The molecule has 0 aliphatic carbocycles. The number of fused-ring (bicyclic) bond motifs is 1. The Kier molecular flexibility index (Phi) is 5.91. The van der Waals surface area contributed by atoms with Gasteiger partial charge in [0.15, 0.2) is 0 Å². The lowest BCUT2D eigenvalue weighted by atomic mass is 9.87. The summed E-state index contributed by atoms with van der Waals surface area (Å²) in [5.41, 5.74) is 3.32. The summed E-state index contributed by atoms with van der Waals surface area (Å²) in [7, 11) is 2.06. The van der Waals surface area contributed by atoms with Crippen LogP contribution in [0.3, 0.4) is 0 Å². The van der Waals surface area contributed by atoms with E-state index < -0.39 is 0 Å². The lowest BCUT2D eigenvalue weighted by Crippen LogP contribution is -2.26. The van der Waals surface area contributed by atoms with Crippen molar-refractivity contribution in [2.24, 2.45) is 0 Å². The van der Waals surface area contributed by atoms with Crippen LogP contribution in [-0.2, 0) is 23.1 Å². The summed E-state index contributed by atoms with van der Waals surface area (Å²) >= 11 is 1.48. The van der Waals surface area contributed by atoms with Crippen molar-refractivity contribution in [1.82, 2.24) is 4.90 Å². The fourth-order valence-electron chi connectivity index (χ4n) is 3.34. The van der Waals surface area contributed by atoms with Gasteiger partial charge in [0.2, 0.25) is 0 Å². The molecule has 0 atom stereocenters. The molecule has 0 saturated carbocycles. The Balaban J connectivity index is 1.89. The second-order valence-corrected chi connectivity index (χ2v) is 9.30. The number of thiophene rings is 1. The average Bonchev–Trinajstić information content (AvgIpc) is 2.98. The summed E-state index contributed by atoms with van der Waals surface area (Å²) in [4.78, 5) is 28.7. The van der Waals surface area contributed by atoms with Gasteiger partial charge < -0.3 is 15.0 Å². The standard InChI is InChI=1S/C22H28N2O3S/c1-6-27-21(26)18-16-11-12-24(5)13-17(16)28-20(18)23-19(25)14-7-9-15(10-8-14)22(2,3)4/h7-10H,6,11-13H2,1-5H3,(H,23,25). The summed E-state index contributed by atoms with van der Waals surface area (Å²) in [6, 6.07) is 7.63. The molecule has 0 saturated heterocycles. The maximum absolute atomic E-state index is 12.8. The first kappa shape index (κ1) is 20.6. The van der Waals surface area contributed by atoms with Crippen molar-refractivity contribution in [2.45, 2.75) is 46.1 Å². The molecule has 2 heterocycles. The highest BCUT2D eigenvalue weighted by Crippen LogP contribution is 2.37. The SMILES string of the molecule is CCOC(=O)c1c(NC(=O)c2ccc(C(C)(C)C)cc2)sc2c1CCN(C)C2. The Morgan fingerprint density at radius 1 is 1.21 bits per heavy atom. The number of benzene rings is 1. The van der Waals surface area contributed by atoms with Crippen molar-refractivity contribution in [3.05, 3.63) is 51.4 Å². The van der Waals surface area contributed by atoms with Gasteiger partial charge in [0, 0.05) is 23.5 Å². The Labute approximate surface area is 170 Å². The Hall–Kier alpha value is -2.18. The minimum Gasteiger partial charge on any atom is -0.462 e. The number of hydrogen-bond acceptors (Lipinski definition) is 5.